The zero-order valence-electron chi connectivity index (χ0n) is 18.4. The summed E-state index contributed by atoms with van der Waals surface area (Å²) in [5.74, 6) is 0.198. The highest BCUT2D eigenvalue weighted by atomic mass is 32.1. The van der Waals surface area contributed by atoms with Crippen molar-refractivity contribution in [2.75, 3.05) is 0 Å². The number of benzene rings is 3. The molecule has 5 nitrogen and oxygen atoms in total. The van der Waals surface area contributed by atoms with Gasteiger partial charge in [-0.15, -0.1) is 11.3 Å². The van der Waals surface area contributed by atoms with E-state index in [2.05, 4.69) is 30.5 Å². The van der Waals surface area contributed by atoms with Crippen LogP contribution in [0.2, 0.25) is 0 Å². The summed E-state index contributed by atoms with van der Waals surface area (Å²) in [4.78, 5) is 16.3. The molecule has 0 N–H and O–H groups in total. The molecule has 0 fully saturated rings. The van der Waals surface area contributed by atoms with E-state index in [0.29, 0.717) is 18.9 Å². The predicted octanol–water partition coefficient (Wildman–Crippen LogP) is 6.86. The Labute approximate surface area is 195 Å². The van der Waals surface area contributed by atoms with E-state index < -0.39 is 4.92 Å². The molecule has 0 amide bonds. The lowest BCUT2D eigenvalue weighted by atomic mass is 10.0. The third-order valence-electron chi connectivity index (χ3n) is 5.49. The maximum absolute atomic E-state index is 13.3. The molecule has 1 aromatic heterocycles. The Morgan fingerprint density at radius 1 is 1.00 bits per heavy atom. The van der Waals surface area contributed by atoms with E-state index in [1.165, 1.54) is 41.2 Å². The minimum atomic E-state index is -0.401. The topological polar surface area (TPSA) is 60.4 Å². The van der Waals surface area contributed by atoms with Crippen molar-refractivity contribution in [3.05, 3.63) is 110 Å². The van der Waals surface area contributed by atoms with Crippen LogP contribution in [0.3, 0.4) is 0 Å². The van der Waals surface area contributed by atoms with Gasteiger partial charge in [-0.05, 0) is 65.4 Å². The first-order valence-corrected chi connectivity index (χ1v) is 11.6. The van der Waals surface area contributed by atoms with E-state index in [0.717, 1.165) is 27.3 Å². The van der Waals surface area contributed by atoms with Crippen molar-refractivity contribution < 1.29 is 9.31 Å². The Morgan fingerprint density at radius 3 is 2.27 bits per heavy atom. The SMILES string of the molecule is CC(C)c1ccc(N=c2scc(-c3ccc([N+](=O)[O-])cc3)n2CCc2ccc(F)cc2)cc1. The third kappa shape index (κ3) is 5.43. The van der Waals surface area contributed by atoms with E-state index >= 15 is 0 Å². The van der Waals surface area contributed by atoms with E-state index in [9.17, 15) is 14.5 Å². The van der Waals surface area contributed by atoms with Crippen molar-refractivity contribution >= 4 is 22.7 Å². The van der Waals surface area contributed by atoms with Gasteiger partial charge in [0.05, 0.1) is 16.3 Å². The van der Waals surface area contributed by atoms with Crippen LogP contribution in [0.15, 0.2) is 83.2 Å². The van der Waals surface area contributed by atoms with Crippen LogP contribution in [-0.2, 0) is 13.0 Å². The minimum Gasteiger partial charge on any atom is -0.316 e. The van der Waals surface area contributed by atoms with E-state index in [1.54, 1.807) is 24.3 Å². The molecule has 4 aromatic rings. The lowest BCUT2D eigenvalue weighted by Crippen LogP contribution is -2.17. The fourth-order valence-electron chi connectivity index (χ4n) is 3.56. The maximum Gasteiger partial charge on any atom is 0.269 e. The summed E-state index contributed by atoms with van der Waals surface area (Å²) in [6.45, 7) is 4.96. The Hall–Kier alpha value is -3.58. The van der Waals surface area contributed by atoms with Crippen LogP contribution in [0.25, 0.3) is 11.3 Å². The van der Waals surface area contributed by atoms with Gasteiger partial charge in [0.1, 0.15) is 5.82 Å². The Balaban J connectivity index is 1.72. The molecule has 0 aliphatic rings. The smallest absolute Gasteiger partial charge is 0.269 e. The molecule has 0 saturated carbocycles. The molecule has 4 rings (SSSR count). The second-order valence-electron chi connectivity index (χ2n) is 8.09. The molecule has 3 aromatic carbocycles. The third-order valence-corrected chi connectivity index (χ3v) is 6.36. The number of thiazole rings is 1. The molecule has 0 saturated heterocycles. The molecule has 168 valence electrons. The van der Waals surface area contributed by atoms with Crippen molar-refractivity contribution in [3.63, 3.8) is 0 Å². The van der Waals surface area contributed by atoms with Gasteiger partial charge in [-0.2, -0.15) is 0 Å². The fraction of sp³-hybridized carbons (Fsp3) is 0.192. The van der Waals surface area contributed by atoms with Crippen molar-refractivity contribution in [2.45, 2.75) is 32.7 Å². The highest BCUT2D eigenvalue weighted by Gasteiger charge is 2.11. The number of nitro benzene ring substituents is 1. The number of halogens is 1. The standard InChI is InChI=1S/C26H24FN3O2S/c1-18(2)20-5-11-23(12-6-20)28-26-29(16-15-19-3-9-22(27)10-4-19)25(17-33-26)21-7-13-24(14-8-21)30(31)32/h3-14,17-18H,15-16H2,1-2H3. The molecule has 0 atom stereocenters. The summed E-state index contributed by atoms with van der Waals surface area (Å²) in [5, 5.41) is 13.1. The van der Waals surface area contributed by atoms with Gasteiger partial charge in [-0.1, -0.05) is 38.1 Å². The summed E-state index contributed by atoms with van der Waals surface area (Å²) in [6.07, 6.45) is 0.705. The molecule has 33 heavy (non-hydrogen) atoms. The van der Waals surface area contributed by atoms with Crippen LogP contribution in [0.1, 0.15) is 30.9 Å². The first-order chi connectivity index (χ1) is 15.9. The number of hydrogen-bond acceptors (Lipinski definition) is 4. The molecule has 7 heteroatoms. The number of nitrogens with zero attached hydrogens (tertiary/aromatic N) is 3. The number of non-ortho nitro benzene ring substituents is 1. The summed E-state index contributed by atoms with van der Waals surface area (Å²) in [7, 11) is 0. The van der Waals surface area contributed by atoms with Gasteiger partial charge in [-0.3, -0.25) is 10.1 Å². The van der Waals surface area contributed by atoms with Crippen molar-refractivity contribution in [2.24, 2.45) is 4.99 Å². The molecule has 0 aliphatic carbocycles. The number of hydrogen-bond donors (Lipinski definition) is 0. The number of aromatic nitrogens is 1. The summed E-state index contributed by atoms with van der Waals surface area (Å²) in [6, 6.07) is 21.3. The van der Waals surface area contributed by atoms with Crippen LogP contribution < -0.4 is 4.80 Å². The second kappa shape index (κ2) is 9.92. The lowest BCUT2D eigenvalue weighted by Gasteiger charge is -2.10. The average molecular weight is 462 g/mol. The zero-order valence-corrected chi connectivity index (χ0v) is 19.3. The van der Waals surface area contributed by atoms with Gasteiger partial charge >= 0.3 is 0 Å². The Morgan fingerprint density at radius 2 is 1.67 bits per heavy atom. The van der Waals surface area contributed by atoms with Crippen LogP contribution in [0, 0.1) is 15.9 Å². The number of nitro groups is 1. The average Bonchev–Trinajstić information content (AvgIpc) is 3.21. The normalized spacial score (nSPS) is 11.8. The van der Waals surface area contributed by atoms with Crippen LogP contribution >= 0.6 is 11.3 Å². The van der Waals surface area contributed by atoms with Gasteiger partial charge in [-0.25, -0.2) is 9.38 Å². The van der Waals surface area contributed by atoms with Crippen LogP contribution in [0.5, 0.6) is 0 Å². The number of aryl methyl sites for hydroxylation is 1. The first-order valence-electron chi connectivity index (χ1n) is 10.7. The summed E-state index contributed by atoms with van der Waals surface area (Å²) < 4.78 is 15.4. The van der Waals surface area contributed by atoms with Gasteiger partial charge in [0.2, 0.25) is 0 Å². The van der Waals surface area contributed by atoms with E-state index in [-0.39, 0.29) is 11.5 Å². The highest BCUT2D eigenvalue weighted by Crippen LogP contribution is 2.24. The Kier molecular flexibility index (Phi) is 6.79. The molecular weight excluding hydrogens is 437 g/mol. The predicted molar refractivity (Wildman–Crippen MR) is 130 cm³/mol. The van der Waals surface area contributed by atoms with Gasteiger partial charge in [0, 0.05) is 24.1 Å². The fourth-order valence-corrected chi connectivity index (χ4v) is 4.51. The molecule has 0 spiro atoms. The first kappa shape index (κ1) is 22.6. The van der Waals surface area contributed by atoms with Gasteiger partial charge in [0.25, 0.3) is 5.69 Å². The second-order valence-corrected chi connectivity index (χ2v) is 8.93. The monoisotopic (exact) mass is 461 g/mol. The highest BCUT2D eigenvalue weighted by molar-refractivity contribution is 7.07. The molecule has 0 radical (unpaired) electrons. The minimum absolute atomic E-state index is 0.0574. The molecule has 0 unspecified atom stereocenters. The van der Waals surface area contributed by atoms with Crippen molar-refractivity contribution in [3.8, 4) is 11.3 Å². The lowest BCUT2D eigenvalue weighted by molar-refractivity contribution is -0.384. The van der Waals surface area contributed by atoms with E-state index in [1.807, 2.05) is 17.5 Å². The summed E-state index contributed by atoms with van der Waals surface area (Å²) in [5.41, 5.74) is 5.03. The Bertz CT molecular complexity index is 1310. The zero-order chi connectivity index (χ0) is 23.4. The van der Waals surface area contributed by atoms with Gasteiger partial charge < -0.3 is 4.57 Å². The van der Waals surface area contributed by atoms with E-state index in [4.69, 9.17) is 4.99 Å². The van der Waals surface area contributed by atoms with Crippen LogP contribution in [-0.4, -0.2) is 9.49 Å². The molecule has 0 bridgehead atoms. The molecular formula is C26H24FN3O2S. The number of rotatable bonds is 7. The van der Waals surface area contributed by atoms with Crippen molar-refractivity contribution in [1.29, 1.82) is 0 Å². The summed E-state index contributed by atoms with van der Waals surface area (Å²) >= 11 is 1.53. The quantitative estimate of drug-likeness (QED) is 0.223. The maximum atomic E-state index is 13.3. The van der Waals surface area contributed by atoms with Crippen LogP contribution in [0.4, 0.5) is 15.8 Å². The molecule has 0 aliphatic heterocycles. The van der Waals surface area contributed by atoms with Crippen molar-refractivity contribution in [1.82, 2.24) is 4.57 Å². The van der Waals surface area contributed by atoms with Gasteiger partial charge in [0.15, 0.2) is 4.80 Å². The largest absolute Gasteiger partial charge is 0.316 e. The molecule has 1 heterocycles.